The number of hydrogen-bond donors (Lipinski definition) is 2. The number of hydrogen-bond acceptors (Lipinski definition) is 6. The molecule has 0 saturated heterocycles. The van der Waals surface area contributed by atoms with Gasteiger partial charge in [0.05, 0.1) is 0 Å². The quantitative estimate of drug-likeness (QED) is 0.303. The van der Waals surface area contributed by atoms with Crippen LogP contribution in [0, 0.1) is 0 Å². The third-order valence-corrected chi connectivity index (χ3v) is 6.53. The van der Waals surface area contributed by atoms with Crippen molar-refractivity contribution in [2.75, 3.05) is 11.5 Å². The van der Waals surface area contributed by atoms with Gasteiger partial charge in [0.25, 0.3) is 0 Å². The van der Waals surface area contributed by atoms with E-state index in [1.54, 1.807) is 8.87 Å². The Morgan fingerprint density at radius 1 is 0.857 bits per heavy atom. The predicted octanol–water partition coefficient (Wildman–Crippen LogP) is 1.24. The van der Waals surface area contributed by atoms with E-state index in [1.165, 1.54) is 25.7 Å². The molecule has 0 saturated carbocycles. The van der Waals surface area contributed by atoms with Crippen molar-refractivity contribution in [3.63, 3.8) is 0 Å². The van der Waals surface area contributed by atoms with Gasteiger partial charge in [-0.05, 0) is 24.3 Å². The molecule has 0 aromatic heterocycles. The number of unbranched alkanes of at least 4 members (excludes halogenated alkanes) is 2. The molecule has 0 spiro atoms. The molecule has 0 radical (unpaired) electrons. The summed E-state index contributed by atoms with van der Waals surface area (Å²) in [5.41, 5.74) is 0. The third kappa shape index (κ3) is 44.9. The summed E-state index contributed by atoms with van der Waals surface area (Å²) >= 11 is 7.43. The summed E-state index contributed by atoms with van der Waals surface area (Å²) in [5, 5.41) is 18.9. The van der Waals surface area contributed by atoms with Gasteiger partial charge in [-0.25, -0.2) is 0 Å². The molecular formula is C14H28O4S2Sn. The molecule has 0 aliphatic rings. The van der Waals surface area contributed by atoms with Crippen LogP contribution in [-0.2, 0) is 9.59 Å². The van der Waals surface area contributed by atoms with Crippen molar-refractivity contribution in [1.82, 2.24) is 0 Å². The van der Waals surface area contributed by atoms with Gasteiger partial charge in [0.1, 0.15) is 0 Å². The average molecular weight is 443 g/mol. The molecule has 21 heavy (non-hydrogen) atoms. The molecule has 0 fully saturated rings. The van der Waals surface area contributed by atoms with Gasteiger partial charge < -0.3 is 19.8 Å². The Balaban J connectivity index is -0.000000240. The van der Waals surface area contributed by atoms with Crippen molar-refractivity contribution in [1.29, 1.82) is 0 Å². The summed E-state index contributed by atoms with van der Waals surface area (Å²) in [6.07, 6.45) is 5.93. The van der Waals surface area contributed by atoms with E-state index in [0.717, 1.165) is 0 Å². The van der Waals surface area contributed by atoms with Crippen molar-refractivity contribution in [2.24, 2.45) is 0 Å². The third-order valence-electron chi connectivity index (χ3n) is 2.05. The first-order chi connectivity index (χ1) is 9.95. The number of thiol groups is 2. The monoisotopic (exact) mass is 444 g/mol. The zero-order valence-electron chi connectivity index (χ0n) is 13.1. The molecule has 0 bridgehead atoms. The van der Waals surface area contributed by atoms with Crippen molar-refractivity contribution >= 4 is 58.3 Å². The maximum atomic E-state index is 9.44. The Kier molecular flexibility index (Phi) is 31.9. The predicted molar refractivity (Wildman–Crippen MR) is 92.1 cm³/mol. The summed E-state index contributed by atoms with van der Waals surface area (Å²) in [4.78, 5) is 18.9. The van der Waals surface area contributed by atoms with Crippen LogP contribution in [0.2, 0.25) is 8.87 Å². The minimum absolute atomic E-state index is 0.0448. The Morgan fingerprint density at radius 2 is 1.19 bits per heavy atom. The second-order valence-corrected chi connectivity index (χ2v) is 9.32. The van der Waals surface area contributed by atoms with Crippen LogP contribution in [0.15, 0.2) is 0 Å². The molecule has 0 heterocycles. The molecule has 124 valence electrons. The molecule has 0 aliphatic carbocycles. The van der Waals surface area contributed by atoms with Crippen LogP contribution in [-0.4, -0.2) is 44.6 Å². The Labute approximate surface area is 150 Å². The van der Waals surface area contributed by atoms with Gasteiger partial charge in [0, 0.05) is 11.9 Å². The molecule has 7 heteroatoms. The van der Waals surface area contributed by atoms with Crippen LogP contribution in [0.4, 0.5) is 0 Å². The number of carboxylic acids is 2. The number of carbonyl (C=O) groups excluding carboxylic acids is 2. The molecule has 0 rings (SSSR count). The summed E-state index contributed by atoms with van der Waals surface area (Å²) in [7, 11) is 0. The fourth-order valence-electron chi connectivity index (χ4n) is 0.911. The molecule has 0 amide bonds. The van der Waals surface area contributed by atoms with Crippen molar-refractivity contribution in [2.45, 2.75) is 61.2 Å². The molecule has 0 atom stereocenters. The van der Waals surface area contributed by atoms with E-state index in [-0.39, 0.29) is 34.0 Å². The van der Waals surface area contributed by atoms with Gasteiger partial charge >= 0.3 is 69.5 Å². The smallest absolute Gasteiger partial charge is 0.0422 e. The topological polar surface area (TPSA) is 80.3 Å². The molecule has 0 unspecified atom stereocenters. The van der Waals surface area contributed by atoms with E-state index >= 15 is 0 Å². The summed E-state index contributed by atoms with van der Waals surface area (Å²) in [5.74, 6) is -1.35. The maximum Gasteiger partial charge on any atom is 0.0422 e. The zero-order chi connectivity index (χ0) is 16.9. The van der Waals surface area contributed by atoms with E-state index in [9.17, 15) is 19.8 Å². The number of aliphatic carboxylic acids is 2. The van der Waals surface area contributed by atoms with E-state index in [4.69, 9.17) is 0 Å². The van der Waals surface area contributed by atoms with Gasteiger partial charge in [-0.1, -0.05) is 0 Å². The second-order valence-electron chi connectivity index (χ2n) is 4.15. The van der Waals surface area contributed by atoms with Crippen molar-refractivity contribution < 1.29 is 19.8 Å². The minimum Gasteiger partial charge on any atom is -0.550 e. The average Bonchev–Trinajstić information content (AvgIpc) is 2.40. The molecule has 4 nitrogen and oxygen atoms in total. The van der Waals surface area contributed by atoms with E-state index in [0.29, 0.717) is 11.5 Å². The van der Waals surface area contributed by atoms with Crippen LogP contribution < -0.4 is 10.2 Å². The first-order valence-corrected chi connectivity index (χ1v) is 12.6. The number of carboxylic acid groups (broad SMARTS) is 2. The SMILES string of the molecule is CCC[CH2][Sn+2][CH2]CCC.O=C([O-])CCS.O=C([O-])CCS. The molecule has 0 N–H and O–H groups in total. The van der Waals surface area contributed by atoms with Gasteiger partial charge in [-0.3, -0.25) is 0 Å². The van der Waals surface area contributed by atoms with Crippen LogP contribution in [0.25, 0.3) is 0 Å². The summed E-state index contributed by atoms with van der Waals surface area (Å²) in [6, 6.07) is 0. The van der Waals surface area contributed by atoms with Crippen LogP contribution in [0.5, 0.6) is 0 Å². The second kappa shape index (κ2) is 25.4. The fraction of sp³-hybridized carbons (Fsp3) is 0.857. The summed E-state index contributed by atoms with van der Waals surface area (Å²) < 4.78 is 3.25. The number of rotatable bonds is 10. The van der Waals surface area contributed by atoms with E-state index in [1.807, 2.05) is 0 Å². The van der Waals surface area contributed by atoms with Gasteiger partial charge in [-0.15, -0.1) is 0 Å². The first-order valence-electron chi connectivity index (χ1n) is 7.28. The largest absolute Gasteiger partial charge is 0.550 e. The van der Waals surface area contributed by atoms with Gasteiger partial charge in [0.2, 0.25) is 0 Å². The van der Waals surface area contributed by atoms with Crippen LogP contribution >= 0.6 is 25.3 Å². The molecule has 0 aromatic rings. The maximum absolute atomic E-state index is 9.44. The molecular weight excluding hydrogens is 415 g/mol. The van der Waals surface area contributed by atoms with Crippen LogP contribution in [0.1, 0.15) is 52.4 Å². The fourth-order valence-corrected chi connectivity index (χ4v) is 5.44. The van der Waals surface area contributed by atoms with Crippen molar-refractivity contribution in [3.8, 4) is 0 Å². The molecule has 0 aliphatic heterocycles. The standard InChI is InChI=1S/2C4H9.2C3H6O2S.Sn/c2*1-3-4-2;2*4-3(5)1-2-6;/h2*1,3-4H2,2H3;2*6H,1-2H2,(H,4,5);/q;;;;+2/p-2. The zero-order valence-corrected chi connectivity index (χ0v) is 17.7. The normalized spacial score (nSPS) is 8.57. The van der Waals surface area contributed by atoms with Crippen molar-refractivity contribution in [3.05, 3.63) is 0 Å². The van der Waals surface area contributed by atoms with E-state index in [2.05, 4.69) is 39.1 Å². The Morgan fingerprint density at radius 3 is 1.33 bits per heavy atom. The first kappa shape index (κ1) is 26.3. The Bertz CT molecular complexity index is 207. The summed E-state index contributed by atoms with van der Waals surface area (Å²) in [6.45, 7) is 4.58. The van der Waals surface area contributed by atoms with Crippen LogP contribution in [0.3, 0.4) is 0 Å². The van der Waals surface area contributed by atoms with E-state index < -0.39 is 11.9 Å². The van der Waals surface area contributed by atoms with Gasteiger partial charge in [0.15, 0.2) is 0 Å². The Hall–Kier alpha value is 0.439. The molecule has 0 aromatic carbocycles. The number of carbonyl (C=O) groups is 2. The van der Waals surface area contributed by atoms with Gasteiger partial charge in [-0.2, -0.15) is 25.3 Å². The minimum atomic E-state index is -1.04.